The lowest BCUT2D eigenvalue weighted by molar-refractivity contribution is -0.322. The lowest BCUT2D eigenvalue weighted by atomic mass is 9.93. The molecule has 0 bridgehead atoms. The van der Waals surface area contributed by atoms with Crippen molar-refractivity contribution in [2.24, 2.45) is 11.8 Å². The Bertz CT molecular complexity index is 922. The highest BCUT2D eigenvalue weighted by Crippen LogP contribution is 2.48. The fourth-order valence-electron chi connectivity index (χ4n) is 5.12. The molecule has 0 aliphatic carbocycles. The fourth-order valence-corrected chi connectivity index (χ4v) is 5.12. The van der Waals surface area contributed by atoms with Crippen molar-refractivity contribution in [3.05, 3.63) is 35.9 Å². The van der Waals surface area contributed by atoms with E-state index in [0.29, 0.717) is 25.8 Å². The first-order valence-electron chi connectivity index (χ1n) is 11.7. The van der Waals surface area contributed by atoms with Gasteiger partial charge in [0.05, 0.1) is 0 Å². The molecule has 3 aliphatic rings. The minimum atomic E-state index is -2.02. The smallest absolute Gasteiger partial charge is 0.410 e. The molecule has 4 atom stereocenters. The summed E-state index contributed by atoms with van der Waals surface area (Å²) in [6, 6.07) is 7.64. The van der Waals surface area contributed by atoms with Gasteiger partial charge in [-0.15, -0.1) is 0 Å². The minimum absolute atomic E-state index is 0.0217. The Morgan fingerprint density at radius 1 is 1.24 bits per heavy atom. The number of ether oxygens (including phenoxy) is 2. The van der Waals surface area contributed by atoms with Gasteiger partial charge in [0.25, 0.3) is 11.8 Å². The van der Waals surface area contributed by atoms with Gasteiger partial charge < -0.3 is 14.7 Å². The molecular weight excluding hydrogens is 426 g/mol. The largest absolute Gasteiger partial charge is 0.445 e. The van der Waals surface area contributed by atoms with Crippen molar-refractivity contribution in [3.8, 4) is 0 Å². The number of carbonyl (C=O) groups is 3. The lowest BCUT2D eigenvalue weighted by Crippen LogP contribution is -2.71. The summed E-state index contributed by atoms with van der Waals surface area (Å²) in [6.45, 7) is 7.89. The van der Waals surface area contributed by atoms with Crippen molar-refractivity contribution in [3.63, 3.8) is 0 Å². The van der Waals surface area contributed by atoms with E-state index in [4.69, 9.17) is 9.47 Å². The molecule has 0 aromatic heterocycles. The van der Waals surface area contributed by atoms with Crippen molar-refractivity contribution in [1.82, 2.24) is 15.1 Å². The van der Waals surface area contributed by atoms with E-state index in [1.54, 1.807) is 18.7 Å². The number of alkyl carbamates (subject to hydrolysis) is 1. The van der Waals surface area contributed by atoms with E-state index >= 15 is 0 Å². The molecule has 0 saturated carbocycles. The lowest BCUT2D eigenvalue weighted by Gasteiger charge is -2.49. The number of fused-ring (bicyclic) bond motifs is 3. The number of hydrogen-bond acceptors (Lipinski definition) is 6. The number of nitrogens with zero attached hydrogens (tertiary/aromatic N) is 2. The summed E-state index contributed by atoms with van der Waals surface area (Å²) in [6.07, 6.45) is 0.762. The standard InChI is InChI=1S/C24H33N3O6/c1-15(2)13-18-20(28)26-12-8-11-19(26)24(31)27(18)21(29)23(33-24,16(3)4)25-22(30)32-14-17-9-6-5-7-10-17/h5-7,9-10,15-16,18-19,31H,8,11-14H2,1-4H3,(H,25,30)/t18-,19-,23+,24-/m0/s1. The van der Waals surface area contributed by atoms with E-state index in [1.165, 1.54) is 4.90 Å². The molecule has 3 saturated heterocycles. The number of carbonyl (C=O) groups excluding carboxylic acids is 3. The number of piperazine rings is 1. The second-order valence-corrected chi connectivity index (χ2v) is 9.85. The molecule has 9 heteroatoms. The number of aliphatic hydroxyl groups is 1. The van der Waals surface area contributed by atoms with Crippen molar-refractivity contribution < 1.29 is 29.0 Å². The topological polar surface area (TPSA) is 108 Å². The monoisotopic (exact) mass is 459 g/mol. The quantitative estimate of drug-likeness (QED) is 0.675. The van der Waals surface area contributed by atoms with Gasteiger partial charge in [-0.3, -0.25) is 24.5 Å². The highest BCUT2D eigenvalue weighted by molar-refractivity contribution is 5.96. The molecule has 3 fully saturated rings. The van der Waals surface area contributed by atoms with E-state index in [1.807, 2.05) is 44.2 Å². The maximum absolute atomic E-state index is 13.8. The molecule has 3 aliphatic heterocycles. The maximum Gasteiger partial charge on any atom is 0.410 e. The normalized spacial score (nSPS) is 31.2. The Kier molecular flexibility index (Phi) is 6.13. The van der Waals surface area contributed by atoms with Crippen molar-refractivity contribution >= 4 is 17.9 Å². The van der Waals surface area contributed by atoms with Gasteiger partial charge in [-0.05, 0) is 30.7 Å². The Hall–Kier alpha value is -2.65. The second-order valence-electron chi connectivity index (χ2n) is 9.85. The summed E-state index contributed by atoms with van der Waals surface area (Å²) < 4.78 is 11.5. The van der Waals surface area contributed by atoms with Gasteiger partial charge in [0, 0.05) is 12.5 Å². The molecule has 1 aromatic carbocycles. The fraction of sp³-hybridized carbons (Fsp3) is 0.625. The first-order chi connectivity index (χ1) is 15.6. The third-order valence-corrected chi connectivity index (χ3v) is 6.77. The number of nitrogens with one attached hydrogen (secondary N) is 1. The summed E-state index contributed by atoms with van der Waals surface area (Å²) >= 11 is 0. The van der Waals surface area contributed by atoms with Crippen LogP contribution in [0.25, 0.3) is 0 Å². The van der Waals surface area contributed by atoms with Crippen LogP contribution in [0.5, 0.6) is 0 Å². The van der Waals surface area contributed by atoms with Crippen LogP contribution >= 0.6 is 0 Å². The van der Waals surface area contributed by atoms with Gasteiger partial charge in [0.1, 0.15) is 18.7 Å². The van der Waals surface area contributed by atoms with Crippen LogP contribution in [-0.4, -0.2) is 63.1 Å². The number of hydrogen-bond donors (Lipinski definition) is 2. The Morgan fingerprint density at radius 3 is 2.58 bits per heavy atom. The molecule has 1 aromatic rings. The van der Waals surface area contributed by atoms with E-state index in [0.717, 1.165) is 5.56 Å². The van der Waals surface area contributed by atoms with Gasteiger partial charge in [0.15, 0.2) is 0 Å². The average Bonchev–Trinajstić information content (AvgIpc) is 3.34. The predicted molar refractivity (Wildman–Crippen MR) is 118 cm³/mol. The molecule has 9 nitrogen and oxygen atoms in total. The molecule has 2 N–H and O–H groups in total. The predicted octanol–water partition coefficient (Wildman–Crippen LogP) is 2.19. The molecule has 33 heavy (non-hydrogen) atoms. The Labute approximate surface area is 194 Å². The minimum Gasteiger partial charge on any atom is -0.445 e. The third-order valence-electron chi connectivity index (χ3n) is 6.77. The van der Waals surface area contributed by atoms with Crippen LogP contribution in [0, 0.1) is 11.8 Å². The van der Waals surface area contributed by atoms with E-state index < -0.39 is 41.6 Å². The summed E-state index contributed by atoms with van der Waals surface area (Å²) in [5, 5.41) is 14.4. The SMILES string of the molecule is CC(C)C[C@H]1C(=O)N2CCC[C@H]2[C@]2(O)O[C@](NC(=O)OCc3ccccc3)(C(C)C)C(=O)N12. The summed E-state index contributed by atoms with van der Waals surface area (Å²) in [5.41, 5.74) is -1.05. The molecule has 0 unspecified atom stereocenters. The molecule has 3 heterocycles. The van der Waals surface area contributed by atoms with Gasteiger partial charge in [0.2, 0.25) is 11.6 Å². The molecule has 0 radical (unpaired) electrons. The van der Waals surface area contributed by atoms with Gasteiger partial charge >= 0.3 is 6.09 Å². The summed E-state index contributed by atoms with van der Waals surface area (Å²) in [5.74, 6) is -3.25. The second kappa shape index (κ2) is 8.61. The van der Waals surface area contributed by atoms with Crippen LogP contribution < -0.4 is 5.32 Å². The van der Waals surface area contributed by atoms with Crippen LogP contribution in [0.3, 0.4) is 0 Å². The van der Waals surface area contributed by atoms with Gasteiger partial charge in [-0.1, -0.05) is 58.0 Å². The maximum atomic E-state index is 13.8. The Morgan fingerprint density at radius 2 is 1.94 bits per heavy atom. The number of rotatable bonds is 6. The molecular formula is C24H33N3O6. The van der Waals surface area contributed by atoms with Gasteiger partial charge in [-0.25, -0.2) is 4.79 Å². The third kappa shape index (κ3) is 3.87. The summed E-state index contributed by atoms with van der Waals surface area (Å²) in [7, 11) is 0. The van der Waals surface area contributed by atoms with E-state index in [2.05, 4.69) is 5.32 Å². The van der Waals surface area contributed by atoms with E-state index in [9.17, 15) is 19.5 Å². The van der Waals surface area contributed by atoms with Crippen LogP contribution in [0.2, 0.25) is 0 Å². The zero-order valence-electron chi connectivity index (χ0n) is 19.6. The first-order valence-corrected chi connectivity index (χ1v) is 11.7. The van der Waals surface area contributed by atoms with Crippen LogP contribution in [0.4, 0.5) is 4.79 Å². The van der Waals surface area contributed by atoms with Crippen LogP contribution in [-0.2, 0) is 25.7 Å². The number of benzene rings is 1. The number of amides is 3. The van der Waals surface area contributed by atoms with E-state index in [-0.39, 0.29) is 18.4 Å². The highest BCUT2D eigenvalue weighted by atomic mass is 16.7. The molecule has 0 spiro atoms. The highest BCUT2D eigenvalue weighted by Gasteiger charge is 2.71. The van der Waals surface area contributed by atoms with Crippen molar-refractivity contribution in [2.75, 3.05) is 6.54 Å². The van der Waals surface area contributed by atoms with Crippen LogP contribution in [0.1, 0.15) is 52.5 Å². The zero-order valence-corrected chi connectivity index (χ0v) is 19.6. The van der Waals surface area contributed by atoms with Crippen molar-refractivity contribution in [1.29, 1.82) is 0 Å². The molecule has 3 amide bonds. The zero-order chi connectivity index (χ0) is 24.0. The van der Waals surface area contributed by atoms with Gasteiger partial charge in [-0.2, -0.15) is 0 Å². The first kappa shape index (κ1) is 23.5. The molecule has 180 valence electrons. The molecule has 4 rings (SSSR count). The Balaban J connectivity index is 1.64. The average molecular weight is 460 g/mol. The summed E-state index contributed by atoms with van der Waals surface area (Å²) in [4.78, 5) is 42.7. The van der Waals surface area contributed by atoms with Crippen LogP contribution in [0.15, 0.2) is 30.3 Å². The van der Waals surface area contributed by atoms with Crippen molar-refractivity contribution in [2.45, 2.75) is 77.3 Å².